The van der Waals surface area contributed by atoms with Crippen LogP contribution < -0.4 is 0 Å². The van der Waals surface area contributed by atoms with E-state index in [0.29, 0.717) is 3.57 Å². The van der Waals surface area contributed by atoms with E-state index in [-0.39, 0.29) is 16.4 Å². The van der Waals surface area contributed by atoms with Crippen molar-refractivity contribution < 1.29 is 9.18 Å². The van der Waals surface area contributed by atoms with E-state index in [1.807, 2.05) is 22.6 Å². The molecule has 0 N–H and O–H groups in total. The standard InChI is InChI=1S/C8H5ClFIO/c1-4(12)8-6(9)2-5(11)3-7(8)10/h2-3H,1H3. The van der Waals surface area contributed by atoms with E-state index in [1.165, 1.54) is 13.0 Å². The van der Waals surface area contributed by atoms with Gasteiger partial charge in [0, 0.05) is 3.57 Å². The van der Waals surface area contributed by atoms with Crippen molar-refractivity contribution in [3.8, 4) is 0 Å². The summed E-state index contributed by atoms with van der Waals surface area (Å²) in [5, 5.41) is 0.173. The Kier molecular flexibility index (Phi) is 3.06. The number of halogens is 3. The Hall–Kier alpha value is -0.160. The lowest BCUT2D eigenvalue weighted by molar-refractivity contribution is 0.101. The Morgan fingerprint density at radius 3 is 2.58 bits per heavy atom. The molecule has 0 amide bonds. The first-order valence-corrected chi connectivity index (χ1v) is 4.63. The highest BCUT2D eigenvalue weighted by Gasteiger charge is 2.12. The third-order valence-electron chi connectivity index (χ3n) is 1.36. The number of hydrogen-bond donors (Lipinski definition) is 0. The van der Waals surface area contributed by atoms with Gasteiger partial charge < -0.3 is 0 Å². The topological polar surface area (TPSA) is 17.1 Å². The number of carbonyl (C=O) groups excluding carboxylic acids is 1. The fourth-order valence-corrected chi connectivity index (χ4v) is 1.99. The van der Waals surface area contributed by atoms with Gasteiger partial charge in [-0.05, 0) is 41.6 Å². The Morgan fingerprint density at radius 1 is 1.58 bits per heavy atom. The monoisotopic (exact) mass is 298 g/mol. The van der Waals surface area contributed by atoms with Crippen LogP contribution in [0, 0.1) is 9.39 Å². The first kappa shape index (κ1) is 9.92. The summed E-state index contributed by atoms with van der Waals surface area (Å²) >= 11 is 7.60. The second kappa shape index (κ2) is 3.70. The van der Waals surface area contributed by atoms with Crippen LogP contribution in [0.2, 0.25) is 5.02 Å². The minimum Gasteiger partial charge on any atom is -0.294 e. The molecule has 0 spiro atoms. The van der Waals surface area contributed by atoms with E-state index in [4.69, 9.17) is 11.6 Å². The molecule has 0 aliphatic carbocycles. The summed E-state index contributed by atoms with van der Waals surface area (Å²) in [5.74, 6) is -0.909. The Bertz CT molecular complexity index is 315. The zero-order valence-corrected chi connectivity index (χ0v) is 9.11. The van der Waals surface area contributed by atoms with Gasteiger partial charge in [-0.25, -0.2) is 4.39 Å². The summed E-state index contributed by atoms with van der Waals surface area (Å²) < 4.78 is 13.7. The van der Waals surface area contributed by atoms with Crippen molar-refractivity contribution in [2.75, 3.05) is 0 Å². The molecule has 1 aromatic rings. The number of benzene rings is 1. The first-order chi connectivity index (χ1) is 5.52. The second-order valence-electron chi connectivity index (χ2n) is 2.30. The van der Waals surface area contributed by atoms with Crippen LogP contribution >= 0.6 is 34.2 Å². The molecule has 1 aromatic carbocycles. The van der Waals surface area contributed by atoms with Crippen molar-refractivity contribution in [1.29, 1.82) is 0 Å². The van der Waals surface area contributed by atoms with Gasteiger partial charge in [0.2, 0.25) is 0 Å². The molecule has 1 nitrogen and oxygen atoms in total. The van der Waals surface area contributed by atoms with E-state index in [2.05, 4.69) is 0 Å². The predicted octanol–water partition coefficient (Wildman–Crippen LogP) is 3.29. The number of ketones is 1. The van der Waals surface area contributed by atoms with Gasteiger partial charge in [-0.1, -0.05) is 11.6 Å². The maximum absolute atomic E-state index is 13.1. The zero-order chi connectivity index (χ0) is 9.30. The van der Waals surface area contributed by atoms with Gasteiger partial charge in [-0.3, -0.25) is 4.79 Å². The van der Waals surface area contributed by atoms with Gasteiger partial charge >= 0.3 is 0 Å². The molecule has 0 atom stereocenters. The molecule has 0 saturated heterocycles. The lowest BCUT2D eigenvalue weighted by Crippen LogP contribution is -1.98. The van der Waals surface area contributed by atoms with Gasteiger partial charge in [-0.2, -0.15) is 0 Å². The van der Waals surface area contributed by atoms with Crippen molar-refractivity contribution >= 4 is 40.0 Å². The Morgan fingerprint density at radius 2 is 2.17 bits per heavy atom. The molecule has 0 bridgehead atoms. The van der Waals surface area contributed by atoms with Crippen molar-refractivity contribution in [3.05, 3.63) is 32.1 Å². The van der Waals surface area contributed by atoms with Crippen molar-refractivity contribution in [1.82, 2.24) is 0 Å². The summed E-state index contributed by atoms with van der Waals surface area (Å²) in [6.45, 7) is 1.29. The van der Waals surface area contributed by atoms with E-state index < -0.39 is 5.82 Å². The third kappa shape index (κ3) is 1.95. The molecule has 64 valence electrons. The Balaban J connectivity index is 3.38. The van der Waals surface area contributed by atoms with Crippen molar-refractivity contribution in [2.24, 2.45) is 0 Å². The first-order valence-electron chi connectivity index (χ1n) is 3.18. The molecule has 0 aliphatic rings. The fourth-order valence-electron chi connectivity index (χ4n) is 0.879. The quantitative estimate of drug-likeness (QED) is 0.574. The fraction of sp³-hybridized carbons (Fsp3) is 0.125. The molecule has 0 aliphatic heterocycles. The molecule has 0 radical (unpaired) electrons. The normalized spacial score (nSPS) is 10.0. The highest BCUT2D eigenvalue weighted by atomic mass is 127. The zero-order valence-electron chi connectivity index (χ0n) is 6.20. The van der Waals surface area contributed by atoms with Gasteiger partial charge in [0.25, 0.3) is 0 Å². The number of hydrogen-bond acceptors (Lipinski definition) is 1. The van der Waals surface area contributed by atoms with Crippen LogP contribution in [0.15, 0.2) is 12.1 Å². The molecule has 12 heavy (non-hydrogen) atoms. The summed E-state index contributed by atoms with van der Waals surface area (Å²) in [5.41, 5.74) is -0.0305. The van der Waals surface area contributed by atoms with E-state index >= 15 is 0 Å². The smallest absolute Gasteiger partial charge is 0.164 e. The van der Waals surface area contributed by atoms with Crippen molar-refractivity contribution in [2.45, 2.75) is 6.92 Å². The van der Waals surface area contributed by atoms with Crippen molar-refractivity contribution in [3.63, 3.8) is 0 Å². The molecule has 0 saturated carbocycles. The van der Waals surface area contributed by atoms with Crippen LogP contribution in [0.4, 0.5) is 4.39 Å². The van der Waals surface area contributed by atoms with Gasteiger partial charge in [0.05, 0.1) is 10.6 Å². The van der Waals surface area contributed by atoms with Crippen LogP contribution in [0.5, 0.6) is 0 Å². The molecule has 0 heterocycles. The van der Waals surface area contributed by atoms with Crippen LogP contribution in [0.25, 0.3) is 0 Å². The largest absolute Gasteiger partial charge is 0.294 e. The second-order valence-corrected chi connectivity index (χ2v) is 3.95. The number of rotatable bonds is 1. The summed E-state index contributed by atoms with van der Waals surface area (Å²) in [4.78, 5) is 10.9. The van der Waals surface area contributed by atoms with E-state index in [1.54, 1.807) is 6.07 Å². The SMILES string of the molecule is CC(=O)c1c(F)cc(I)cc1Cl. The summed E-state index contributed by atoms with van der Waals surface area (Å²) in [6.07, 6.45) is 0. The van der Waals surface area contributed by atoms with E-state index in [0.717, 1.165) is 0 Å². The highest BCUT2D eigenvalue weighted by molar-refractivity contribution is 14.1. The van der Waals surface area contributed by atoms with Gasteiger partial charge in [0.1, 0.15) is 5.82 Å². The number of carbonyl (C=O) groups is 1. The minimum atomic E-state index is -0.556. The van der Waals surface area contributed by atoms with E-state index in [9.17, 15) is 9.18 Å². The average molecular weight is 298 g/mol. The summed E-state index contributed by atoms with van der Waals surface area (Å²) in [6, 6.07) is 2.84. The molecular formula is C8H5ClFIO. The lowest BCUT2D eigenvalue weighted by Gasteiger charge is -2.01. The summed E-state index contributed by atoms with van der Waals surface area (Å²) in [7, 11) is 0. The highest BCUT2D eigenvalue weighted by Crippen LogP contribution is 2.22. The maximum atomic E-state index is 13.1. The number of Topliss-reactive ketones (excluding diaryl/α,β-unsaturated/α-hetero) is 1. The molecular weight excluding hydrogens is 293 g/mol. The molecule has 0 fully saturated rings. The molecule has 4 heteroatoms. The average Bonchev–Trinajstić information content (AvgIpc) is 1.82. The van der Waals surface area contributed by atoms with Gasteiger partial charge in [-0.15, -0.1) is 0 Å². The van der Waals surface area contributed by atoms with Crippen LogP contribution in [0.1, 0.15) is 17.3 Å². The molecule has 1 rings (SSSR count). The van der Waals surface area contributed by atoms with Gasteiger partial charge in [0.15, 0.2) is 5.78 Å². The third-order valence-corrected chi connectivity index (χ3v) is 2.28. The predicted molar refractivity (Wildman–Crippen MR) is 54.1 cm³/mol. The van der Waals surface area contributed by atoms with Crippen LogP contribution in [0.3, 0.4) is 0 Å². The minimum absolute atomic E-state index is 0.0305. The lowest BCUT2D eigenvalue weighted by atomic mass is 10.1. The molecule has 0 unspecified atom stereocenters. The Labute approximate surface area is 88.1 Å². The maximum Gasteiger partial charge on any atom is 0.164 e. The van der Waals surface area contributed by atoms with Crippen LogP contribution in [-0.4, -0.2) is 5.78 Å². The van der Waals surface area contributed by atoms with Crippen LogP contribution in [-0.2, 0) is 0 Å². The molecule has 0 aromatic heterocycles.